The van der Waals surface area contributed by atoms with Crippen molar-refractivity contribution in [2.24, 2.45) is 7.05 Å². The van der Waals surface area contributed by atoms with Crippen molar-refractivity contribution < 1.29 is 9.90 Å². The Kier molecular flexibility index (Phi) is 3.72. The maximum Gasteiger partial charge on any atom is 0.323 e. The molecule has 2 unspecified atom stereocenters. The van der Waals surface area contributed by atoms with Crippen LogP contribution in [0.25, 0.3) is 0 Å². The summed E-state index contributed by atoms with van der Waals surface area (Å²) in [4.78, 5) is 11.7. The van der Waals surface area contributed by atoms with Crippen LogP contribution in [0.2, 0.25) is 0 Å². The van der Waals surface area contributed by atoms with Crippen LogP contribution in [-0.4, -0.2) is 42.7 Å². The van der Waals surface area contributed by atoms with Gasteiger partial charge < -0.3 is 9.67 Å². The Bertz CT molecular complexity index is 502. The normalized spacial score (nSPS) is 30.4. The zero-order valence-electron chi connectivity index (χ0n) is 11.6. The summed E-state index contributed by atoms with van der Waals surface area (Å²) in [5.74, 6) is -0.701. The summed E-state index contributed by atoms with van der Waals surface area (Å²) in [5.41, 5.74) is -0.740. The van der Waals surface area contributed by atoms with Gasteiger partial charge in [0, 0.05) is 18.3 Å². The zero-order chi connectivity index (χ0) is 14.2. The van der Waals surface area contributed by atoms with Crippen LogP contribution in [0.3, 0.4) is 0 Å². The lowest BCUT2D eigenvalue weighted by atomic mass is 9.81. The summed E-state index contributed by atoms with van der Waals surface area (Å²) in [6, 6.07) is 0.407. The number of carboxylic acid groups (broad SMARTS) is 1. The van der Waals surface area contributed by atoms with Gasteiger partial charge in [-0.25, -0.2) is 0 Å². The van der Waals surface area contributed by atoms with E-state index in [-0.39, 0.29) is 5.25 Å². The van der Waals surface area contributed by atoms with Crippen LogP contribution in [0.5, 0.6) is 0 Å². The van der Waals surface area contributed by atoms with Crippen molar-refractivity contribution in [2.75, 3.05) is 0 Å². The molecule has 2 fully saturated rings. The van der Waals surface area contributed by atoms with Crippen molar-refractivity contribution in [3.8, 4) is 0 Å². The summed E-state index contributed by atoms with van der Waals surface area (Å²) in [6.07, 6.45) is 7.27. The number of thioether (sulfide) groups is 1. The Morgan fingerprint density at radius 1 is 1.55 bits per heavy atom. The number of rotatable bonds is 5. The molecule has 0 spiro atoms. The van der Waals surface area contributed by atoms with Gasteiger partial charge in [0.05, 0.1) is 0 Å². The second kappa shape index (κ2) is 5.37. The van der Waals surface area contributed by atoms with Crippen LogP contribution in [0.1, 0.15) is 38.5 Å². The van der Waals surface area contributed by atoms with E-state index in [1.54, 1.807) is 18.1 Å². The predicted octanol–water partition coefficient (Wildman–Crippen LogP) is 1.43. The van der Waals surface area contributed by atoms with E-state index in [0.717, 1.165) is 37.3 Å². The average Bonchev–Trinajstić information content (AvgIpc) is 3.13. The number of carboxylic acids is 1. The smallest absolute Gasteiger partial charge is 0.323 e. The van der Waals surface area contributed by atoms with Crippen LogP contribution in [0, 0.1) is 0 Å². The summed E-state index contributed by atoms with van der Waals surface area (Å²) in [7, 11) is 1.91. The molecule has 2 atom stereocenters. The zero-order valence-corrected chi connectivity index (χ0v) is 12.4. The second-order valence-electron chi connectivity index (χ2n) is 5.87. The predicted molar refractivity (Wildman–Crippen MR) is 75.6 cm³/mol. The van der Waals surface area contributed by atoms with E-state index in [1.165, 1.54) is 0 Å². The van der Waals surface area contributed by atoms with Gasteiger partial charge in [0.1, 0.15) is 11.9 Å². The fourth-order valence-corrected chi connectivity index (χ4v) is 4.12. The molecular formula is C13H20N4O2S. The molecule has 1 aromatic rings. The van der Waals surface area contributed by atoms with Gasteiger partial charge in [-0.05, 0) is 38.5 Å². The molecule has 6 nitrogen and oxygen atoms in total. The minimum absolute atomic E-state index is 0.286. The number of nitrogens with one attached hydrogen (secondary N) is 1. The third-order valence-electron chi connectivity index (χ3n) is 4.11. The van der Waals surface area contributed by atoms with Crippen LogP contribution in [0.4, 0.5) is 0 Å². The van der Waals surface area contributed by atoms with Crippen molar-refractivity contribution in [3.63, 3.8) is 0 Å². The van der Waals surface area contributed by atoms with E-state index in [2.05, 4.69) is 15.5 Å². The van der Waals surface area contributed by atoms with Crippen LogP contribution < -0.4 is 5.32 Å². The van der Waals surface area contributed by atoms with Crippen molar-refractivity contribution in [1.29, 1.82) is 0 Å². The highest BCUT2D eigenvalue weighted by Gasteiger charge is 2.46. The van der Waals surface area contributed by atoms with Gasteiger partial charge in [-0.2, -0.15) is 0 Å². The van der Waals surface area contributed by atoms with E-state index in [1.807, 2.05) is 11.6 Å². The molecule has 2 saturated carbocycles. The Labute approximate surface area is 122 Å². The van der Waals surface area contributed by atoms with Crippen molar-refractivity contribution in [3.05, 3.63) is 6.33 Å². The first-order chi connectivity index (χ1) is 9.59. The van der Waals surface area contributed by atoms with Gasteiger partial charge in [0.15, 0.2) is 5.16 Å². The highest BCUT2D eigenvalue weighted by molar-refractivity contribution is 7.99. The molecule has 2 aliphatic carbocycles. The number of aromatic nitrogens is 3. The molecular weight excluding hydrogens is 276 g/mol. The van der Waals surface area contributed by atoms with Gasteiger partial charge in [0.25, 0.3) is 0 Å². The Morgan fingerprint density at radius 3 is 2.95 bits per heavy atom. The Hall–Kier alpha value is -1.08. The highest BCUT2D eigenvalue weighted by Crippen LogP contribution is 2.39. The monoisotopic (exact) mass is 296 g/mol. The SMILES string of the molecule is Cn1cnnc1SC1CCCC(NC2CC2)(C(=O)O)C1. The molecule has 1 aromatic heterocycles. The van der Waals surface area contributed by atoms with Crippen molar-refractivity contribution in [2.45, 2.75) is 60.5 Å². The lowest BCUT2D eigenvalue weighted by Gasteiger charge is -2.38. The van der Waals surface area contributed by atoms with E-state index in [4.69, 9.17) is 0 Å². The fraction of sp³-hybridized carbons (Fsp3) is 0.769. The minimum atomic E-state index is -0.740. The summed E-state index contributed by atoms with van der Waals surface area (Å²) < 4.78 is 1.88. The first-order valence-corrected chi connectivity index (χ1v) is 7.99. The summed E-state index contributed by atoms with van der Waals surface area (Å²) in [5, 5.41) is 22.1. The third kappa shape index (κ3) is 2.83. The van der Waals surface area contributed by atoms with Crippen molar-refractivity contribution in [1.82, 2.24) is 20.1 Å². The molecule has 0 aromatic carbocycles. The number of carbonyl (C=O) groups is 1. The van der Waals surface area contributed by atoms with Gasteiger partial charge in [-0.3, -0.25) is 10.1 Å². The van der Waals surface area contributed by atoms with Crippen molar-refractivity contribution >= 4 is 17.7 Å². The van der Waals surface area contributed by atoms with Crippen LogP contribution in [0.15, 0.2) is 11.5 Å². The Morgan fingerprint density at radius 2 is 2.35 bits per heavy atom. The van der Waals surface area contributed by atoms with Gasteiger partial charge in [0.2, 0.25) is 0 Å². The number of aliphatic carboxylic acids is 1. The first-order valence-electron chi connectivity index (χ1n) is 7.11. The molecule has 110 valence electrons. The Balaban J connectivity index is 1.70. The maximum atomic E-state index is 11.7. The minimum Gasteiger partial charge on any atom is -0.480 e. The van der Waals surface area contributed by atoms with E-state index >= 15 is 0 Å². The topological polar surface area (TPSA) is 80.0 Å². The fourth-order valence-electron chi connectivity index (χ4n) is 2.86. The molecule has 20 heavy (non-hydrogen) atoms. The maximum absolute atomic E-state index is 11.7. The lowest BCUT2D eigenvalue weighted by molar-refractivity contribution is -0.146. The highest BCUT2D eigenvalue weighted by atomic mass is 32.2. The molecule has 3 rings (SSSR count). The first kappa shape index (κ1) is 13.9. The van der Waals surface area contributed by atoms with Gasteiger partial charge in [-0.15, -0.1) is 10.2 Å². The molecule has 1 heterocycles. The molecule has 2 aliphatic rings. The number of hydrogen-bond acceptors (Lipinski definition) is 5. The van der Waals surface area contributed by atoms with E-state index in [0.29, 0.717) is 12.5 Å². The van der Waals surface area contributed by atoms with E-state index in [9.17, 15) is 9.90 Å². The molecule has 0 bridgehead atoms. The number of nitrogens with zero attached hydrogens (tertiary/aromatic N) is 3. The molecule has 0 radical (unpaired) electrons. The van der Waals surface area contributed by atoms with Gasteiger partial charge in [-0.1, -0.05) is 11.8 Å². The largest absolute Gasteiger partial charge is 0.480 e. The molecule has 0 aliphatic heterocycles. The van der Waals surface area contributed by atoms with Crippen LogP contribution in [-0.2, 0) is 11.8 Å². The molecule has 0 saturated heterocycles. The lowest BCUT2D eigenvalue weighted by Crippen LogP contribution is -2.56. The molecule has 7 heteroatoms. The third-order valence-corrected chi connectivity index (χ3v) is 5.43. The average molecular weight is 296 g/mol. The van der Waals surface area contributed by atoms with Crippen LogP contribution >= 0.6 is 11.8 Å². The summed E-state index contributed by atoms with van der Waals surface area (Å²) in [6.45, 7) is 0. The van der Waals surface area contributed by atoms with Gasteiger partial charge >= 0.3 is 5.97 Å². The summed E-state index contributed by atoms with van der Waals surface area (Å²) >= 11 is 1.65. The molecule has 2 N–H and O–H groups in total. The number of aryl methyl sites for hydroxylation is 1. The quantitative estimate of drug-likeness (QED) is 0.855. The number of hydrogen-bond donors (Lipinski definition) is 2. The van der Waals surface area contributed by atoms with E-state index < -0.39 is 11.5 Å². The molecule has 0 amide bonds. The second-order valence-corrected chi connectivity index (χ2v) is 7.13. The standard InChI is InChI=1S/C13H20N4O2S/c1-17-8-14-16-12(17)20-10-3-2-6-13(7-10,11(18)19)15-9-4-5-9/h8-10,15H,2-7H2,1H3,(H,18,19).